The molecule has 36 heavy (non-hydrogen) atoms. The fourth-order valence-electron chi connectivity index (χ4n) is 4.35. The molecule has 1 aromatic carbocycles. The Balaban J connectivity index is 1.28. The van der Waals surface area contributed by atoms with E-state index in [-0.39, 0.29) is 11.8 Å². The van der Waals surface area contributed by atoms with E-state index in [0.717, 1.165) is 52.0 Å². The van der Waals surface area contributed by atoms with Crippen LogP contribution >= 0.6 is 0 Å². The normalized spacial score (nSPS) is 13.5. The molecule has 176 valence electrons. The van der Waals surface area contributed by atoms with Crippen molar-refractivity contribution in [2.24, 2.45) is 5.92 Å². The zero-order valence-electron chi connectivity index (χ0n) is 19.4. The van der Waals surface area contributed by atoms with Crippen LogP contribution in [-0.2, 0) is 4.79 Å². The largest absolute Gasteiger partial charge is 0.336 e. The second-order valence-electron chi connectivity index (χ2n) is 9.07. The summed E-state index contributed by atoms with van der Waals surface area (Å²) in [6, 6.07) is 11.7. The minimum absolute atomic E-state index is 0.0459. The van der Waals surface area contributed by atoms with Gasteiger partial charge in [-0.1, -0.05) is 6.07 Å². The van der Waals surface area contributed by atoms with Crippen LogP contribution in [0.3, 0.4) is 0 Å². The lowest BCUT2D eigenvalue weighted by molar-refractivity contribution is -0.117. The summed E-state index contributed by atoms with van der Waals surface area (Å²) in [5.41, 5.74) is 7.89. The first-order valence-corrected chi connectivity index (χ1v) is 11.7. The van der Waals surface area contributed by atoms with Gasteiger partial charge in [-0.2, -0.15) is 5.10 Å². The van der Waals surface area contributed by atoms with Gasteiger partial charge in [0.05, 0.1) is 46.3 Å². The van der Waals surface area contributed by atoms with Crippen molar-refractivity contribution in [1.82, 2.24) is 39.7 Å². The molecule has 10 nitrogen and oxygen atoms in total. The number of hydrogen-bond acceptors (Lipinski definition) is 6. The topological polar surface area (TPSA) is 130 Å². The second kappa shape index (κ2) is 7.84. The van der Waals surface area contributed by atoms with Crippen LogP contribution in [0, 0.1) is 12.8 Å². The van der Waals surface area contributed by atoms with E-state index in [1.807, 2.05) is 54.1 Å². The number of H-pyrrole nitrogens is 2. The standard InChI is InChI=1S/C26H21N9O/c1-14-12-35(13-28-14)21-4-2-3-19-22(21)32-25(31-19)24-23-20(33-34-24)8-7-18(30-23)16-9-17(11-27-10-16)29-26(36)15-5-6-15/h2-4,7-13,15H,5-6H2,1H3,(H,29,36)(H,31,32)(H,33,34). The summed E-state index contributed by atoms with van der Waals surface area (Å²) in [5.74, 6) is 0.789. The number of benzene rings is 1. The maximum Gasteiger partial charge on any atom is 0.227 e. The van der Waals surface area contributed by atoms with Gasteiger partial charge in [-0.3, -0.25) is 14.9 Å². The zero-order valence-corrected chi connectivity index (χ0v) is 19.4. The number of anilines is 1. The number of carbonyl (C=O) groups is 1. The van der Waals surface area contributed by atoms with Crippen molar-refractivity contribution in [3.05, 3.63) is 67.0 Å². The van der Waals surface area contributed by atoms with E-state index < -0.39 is 0 Å². The van der Waals surface area contributed by atoms with Crippen LogP contribution in [-0.4, -0.2) is 45.6 Å². The van der Waals surface area contributed by atoms with Gasteiger partial charge in [-0.25, -0.2) is 15.0 Å². The number of pyridine rings is 2. The van der Waals surface area contributed by atoms with Gasteiger partial charge in [0.2, 0.25) is 5.91 Å². The molecular formula is C26H21N9O. The highest BCUT2D eigenvalue weighted by atomic mass is 16.2. The molecule has 0 spiro atoms. The number of aromatic amines is 2. The van der Waals surface area contributed by atoms with Crippen molar-refractivity contribution in [2.75, 3.05) is 5.32 Å². The number of rotatable bonds is 5. The van der Waals surface area contributed by atoms with Gasteiger partial charge in [0, 0.05) is 23.9 Å². The fourth-order valence-corrected chi connectivity index (χ4v) is 4.35. The van der Waals surface area contributed by atoms with Crippen LogP contribution in [0.4, 0.5) is 5.69 Å². The molecule has 1 saturated carbocycles. The van der Waals surface area contributed by atoms with E-state index in [2.05, 4.69) is 30.5 Å². The number of hydrogen-bond donors (Lipinski definition) is 3. The zero-order chi connectivity index (χ0) is 24.2. The van der Waals surface area contributed by atoms with Crippen LogP contribution in [0.5, 0.6) is 0 Å². The van der Waals surface area contributed by atoms with Crippen LogP contribution in [0.2, 0.25) is 0 Å². The quantitative estimate of drug-likeness (QED) is 0.339. The summed E-state index contributed by atoms with van der Waals surface area (Å²) in [7, 11) is 0. The molecule has 5 heterocycles. The summed E-state index contributed by atoms with van der Waals surface area (Å²) in [6.45, 7) is 1.96. The number of para-hydroxylation sites is 1. The minimum atomic E-state index is 0.0459. The molecule has 10 heteroatoms. The van der Waals surface area contributed by atoms with Gasteiger partial charge in [-0.15, -0.1) is 0 Å². The lowest BCUT2D eigenvalue weighted by atomic mass is 10.1. The van der Waals surface area contributed by atoms with Crippen LogP contribution in [0.15, 0.2) is 61.3 Å². The van der Waals surface area contributed by atoms with Crippen LogP contribution in [0.1, 0.15) is 18.5 Å². The van der Waals surface area contributed by atoms with E-state index in [1.54, 1.807) is 18.7 Å². The molecule has 1 amide bonds. The molecule has 0 radical (unpaired) electrons. The van der Waals surface area contributed by atoms with Gasteiger partial charge in [0.1, 0.15) is 11.0 Å². The number of nitrogens with zero attached hydrogens (tertiary/aromatic N) is 6. The minimum Gasteiger partial charge on any atom is -0.336 e. The van der Waals surface area contributed by atoms with Crippen LogP contribution < -0.4 is 5.32 Å². The number of carbonyl (C=O) groups excluding carboxylic acids is 1. The highest BCUT2D eigenvalue weighted by Crippen LogP contribution is 2.32. The molecule has 0 bridgehead atoms. The molecule has 5 aromatic heterocycles. The Labute approximate surface area is 204 Å². The third-order valence-electron chi connectivity index (χ3n) is 6.36. The Morgan fingerprint density at radius 1 is 1.08 bits per heavy atom. The molecule has 3 N–H and O–H groups in total. The summed E-state index contributed by atoms with van der Waals surface area (Å²) in [6.07, 6.45) is 9.04. The molecular weight excluding hydrogens is 454 g/mol. The maximum atomic E-state index is 12.2. The highest BCUT2D eigenvalue weighted by Gasteiger charge is 2.29. The summed E-state index contributed by atoms with van der Waals surface area (Å²) >= 11 is 0. The molecule has 0 unspecified atom stereocenters. The van der Waals surface area contributed by atoms with Gasteiger partial charge >= 0.3 is 0 Å². The summed E-state index contributed by atoms with van der Waals surface area (Å²) in [4.78, 5) is 34.0. The SMILES string of the molecule is Cc1cn(-c2cccc3[nH]c(-c4n[nH]c5ccc(-c6cncc(NC(=O)C7CC7)c6)nc45)nc23)cn1. The second-order valence-corrected chi connectivity index (χ2v) is 9.07. The van der Waals surface area contributed by atoms with Crippen molar-refractivity contribution < 1.29 is 4.79 Å². The van der Waals surface area contributed by atoms with Gasteiger partial charge in [0.15, 0.2) is 11.5 Å². The van der Waals surface area contributed by atoms with E-state index in [1.165, 1.54) is 0 Å². The average molecular weight is 476 g/mol. The van der Waals surface area contributed by atoms with Gasteiger partial charge < -0.3 is 14.9 Å². The Morgan fingerprint density at radius 3 is 2.83 bits per heavy atom. The Morgan fingerprint density at radius 2 is 2.00 bits per heavy atom. The number of imidazole rings is 2. The third-order valence-corrected chi connectivity index (χ3v) is 6.36. The van der Waals surface area contributed by atoms with E-state index >= 15 is 0 Å². The van der Waals surface area contributed by atoms with Crippen molar-refractivity contribution in [3.8, 4) is 28.5 Å². The average Bonchev–Trinajstić information content (AvgIpc) is 3.30. The lowest BCUT2D eigenvalue weighted by Gasteiger charge is -2.06. The molecule has 6 aromatic rings. The number of fused-ring (bicyclic) bond motifs is 2. The molecule has 1 fully saturated rings. The monoisotopic (exact) mass is 475 g/mol. The third kappa shape index (κ3) is 3.50. The van der Waals surface area contributed by atoms with Gasteiger partial charge in [-0.05, 0) is 50.1 Å². The van der Waals surface area contributed by atoms with E-state index in [4.69, 9.17) is 9.97 Å². The molecule has 1 aliphatic rings. The molecule has 0 aliphatic heterocycles. The Kier molecular flexibility index (Phi) is 4.47. The molecule has 0 atom stereocenters. The maximum absolute atomic E-state index is 12.2. The highest BCUT2D eigenvalue weighted by molar-refractivity contribution is 5.95. The number of aromatic nitrogens is 8. The van der Waals surface area contributed by atoms with Gasteiger partial charge in [0.25, 0.3) is 0 Å². The predicted octanol–water partition coefficient (Wildman–Crippen LogP) is 4.41. The number of nitrogens with one attached hydrogen (secondary N) is 3. The van der Waals surface area contributed by atoms with E-state index in [0.29, 0.717) is 22.7 Å². The number of amides is 1. The Hall–Kier alpha value is -4.86. The predicted molar refractivity (Wildman–Crippen MR) is 135 cm³/mol. The molecule has 1 aliphatic carbocycles. The number of aryl methyl sites for hydroxylation is 1. The molecule has 0 saturated heterocycles. The van der Waals surface area contributed by atoms with Crippen LogP contribution in [0.25, 0.3) is 50.5 Å². The van der Waals surface area contributed by atoms with Crippen molar-refractivity contribution in [1.29, 1.82) is 0 Å². The first kappa shape index (κ1) is 20.5. The first-order chi connectivity index (χ1) is 17.6. The Bertz CT molecular complexity index is 1770. The summed E-state index contributed by atoms with van der Waals surface area (Å²) in [5, 5.41) is 10.5. The first-order valence-electron chi connectivity index (χ1n) is 11.7. The van der Waals surface area contributed by atoms with E-state index in [9.17, 15) is 4.79 Å². The summed E-state index contributed by atoms with van der Waals surface area (Å²) < 4.78 is 1.96. The lowest BCUT2D eigenvalue weighted by Crippen LogP contribution is -2.13. The smallest absolute Gasteiger partial charge is 0.227 e. The fraction of sp³-hybridized carbons (Fsp3) is 0.154. The van der Waals surface area contributed by atoms with Crippen molar-refractivity contribution >= 4 is 33.7 Å². The van der Waals surface area contributed by atoms with Crippen molar-refractivity contribution in [3.63, 3.8) is 0 Å². The molecule has 7 rings (SSSR count). The van der Waals surface area contributed by atoms with Crippen molar-refractivity contribution in [2.45, 2.75) is 19.8 Å².